The van der Waals surface area contributed by atoms with Crippen molar-refractivity contribution >= 4 is 9.84 Å². The Morgan fingerprint density at radius 1 is 1.41 bits per heavy atom. The van der Waals surface area contributed by atoms with Gasteiger partial charge in [-0.3, -0.25) is 0 Å². The van der Waals surface area contributed by atoms with Crippen LogP contribution in [0.1, 0.15) is 6.42 Å². The van der Waals surface area contributed by atoms with Crippen LogP contribution >= 0.6 is 0 Å². The summed E-state index contributed by atoms with van der Waals surface area (Å²) in [6.07, 6.45) is 2.29. The molecule has 4 nitrogen and oxygen atoms in total. The van der Waals surface area contributed by atoms with Gasteiger partial charge in [-0.05, 0) is 25.1 Å². The van der Waals surface area contributed by atoms with E-state index in [9.17, 15) is 8.42 Å². The minimum atomic E-state index is -3.22. The third-order valence-electron chi connectivity index (χ3n) is 2.89. The zero-order chi connectivity index (χ0) is 12.3. The molecule has 1 unspecified atom stereocenters. The summed E-state index contributed by atoms with van der Waals surface area (Å²) in [5, 5.41) is 3.26. The first kappa shape index (κ1) is 12.4. The molecular formula is C12H17NO3S. The van der Waals surface area contributed by atoms with Gasteiger partial charge in [-0.2, -0.15) is 0 Å². The van der Waals surface area contributed by atoms with E-state index in [1.54, 1.807) is 24.3 Å². The van der Waals surface area contributed by atoms with Gasteiger partial charge >= 0.3 is 0 Å². The molecule has 1 aromatic carbocycles. The molecule has 0 spiro atoms. The van der Waals surface area contributed by atoms with E-state index in [2.05, 4.69) is 5.32 Å². The Kier molecular flexibility index (Phi) is 3.69. The van der Waals surface area contributed by atoms with Gasteiger partial charge in [0.15, 0.2) is 9.84 Å². The summed E-state index contributed by atoms with van der Waals surface area (Å²) in [6.45, 7) is 2.53. The second kappa shape index (κ2) is 5.06. The third kappa shape index (κ3) is 3.20. The van der Waals surface area contributed by atoms with Crippen LogP contribution in [0, 0.1) is 5.92 Å². The lowest BCUT2D eigenvalue weighted by Crippen LogP contribution is -2.16. The molecule has 94 valence electrons. The molecular weight excluding hydrogens is 238 g/mol. The number of ether oxygens (including phenoxy) is 1. The molecule has 1 N–H and O–H groups in total. The van der Waals surface area contributed by atoms with Gasteiger partial charge < -0.3 is 10.1 Å². The molecule has 17 heavy (non-hydrogen) atoms. The molecule has 1 aromatic rings. The summed E-state index contributed by atoms with van der Waals surface area (Å²) in [5.41, 5.74) is 0. The standard InChI is InChI=1S/C12H17NO3S/c1-17(14,15)12-5-3-2-4-11(12)16-9-10-6-7-13-8-10/h2-5,10,13H,6-9H2,1H3. The van der Waals surface area contributed by atoms with E-state index in [0.29, 0.717) is 18.3 Å². The smallest absolute Gasteiger partial charge is 0.179 e. The van der Waals surface area contributed by atoms with Crippen molar-refractivity contribution in [3.63, 3.8) is 0 Å². The average molecular weight is 255 g/mol. The van der Waals surface area contributed by atoms with E-state index in [4.69, 9.17) is 4.74 Å². The molecule has 0 amide bonds. The van der Waals surface area contributed by atoms with Crippen LogP contribution < -0.4 is 10.1 Å². The molecule has 0 saturated carbocycles. The summed E-state index contributed by atoms with van der Waals surface area (Å²) >= 11 is 0. The van der Waals surface area contributed by atoms with Gasteiger partial charge in [-0.15, -0.1) is 0 Å². The quantitative estimate of drug-likeness (QED) is 0.874. The van der Waals surface area contributed by atoms with Gasteiger partial charge in [0.05, 0.1) is 6.61 Å². The van der Waals surface area contributed by atoms with Gasteiger partial charge in [0, 0.05) is 18.7 Å². The lowest BCUT2D eigenvalue weighted by atomic mass is 10.1. The first-order valence-corrected chi connectivity index (χ1v) is 7.59. The maximum absolute atomic E-state index is 11.6. The van der Waals surface area contributed by atoms with Crippen LogP contribution in [0.2, 0.25) is 0 Å². The Labute approximate surface area is 102 Å². The highest BCUT2D eigenvalue weighted by atomic mass is 32.2. The van der Waals surface area contributed by atoms with Crippen molar-refractivity contribution in [1.29, 1.82) is 0 Å². The maximum Gasteiger partial charge on any atom is 0.179 e. The largest absolute Gasteiger partial charge is 0.492 e. The molecule has 0 radical (unpaired) electrons. The number of benzene rings is 1. The molecule has 0 aromatic heterocycles. The molecule has 1 fully saturated rings. The molecule has 1 aliphatic rings. The molecule has 1 atom stereocenters. The number of hydrogen-bond donors (Lipinski definition) is 1. The first-order valence-electron chi connectivity index (χ1n) is 5.70. The Morgan fingerprint density at radius 2 is 2.18 bits per heavy atom. The highest BCUT2D eigenvalue weighted by Crippen LogP contribution is 2.24. The topological polar surface area (TPSA) is 55.4 Å². The van der Waals surface area contributed by atoms with E-state index >= 15 is 0 Å². The molecule has 2 rings (SSSR count). The highest BCUT2D eigenvalue weighted by molar-refractivity contribution is 7.90. The molecule has 0 bridgehead atoms. The van der Waals surface area contributed by atoms with Crippen LogP contribution in [0.15, 0.2) is 29.2 Å². The van der Waals surface area contributed by atoms with E-state index in [1.165, 1.54) is 6.26 Å². The SMILES string of the molecule is CS(=O)(=O)c1ccccc1OCC1CCNC1. The molecule has 1 aliphatic heterocycles. The number of para-hydroxylation sites is 1. The van der Waals surface area contributed by atoms with Crippen molar-refractivity contribution in [2.24, 2.45) is 5.92 Å². The predicted molar refractivity (Wildman–Crippen MR) is 66.0 cm³/mol. The van der Waals surface area contributed by atoms with Crippen molar-refractivity contribution < 1.29 is 13.2 Å². The lowest BCUT2D eigenvalue weighted by molar-refractivity contribution is 0.254. The molecule has 1 saturated heterocycles. The van der Waals surface area contributed by atoms with E-state index in [1.807, 2.05) is 0 Å². The van der Waals surface area contributed by atoms with Crippen LogP contribution in [-0.4, -0.2) is 34.4 Å². The fourth-order valence-corrected chi connectivity index (χ4v) is 2.76. The van der Waals surface area contributed by atoms with Gasteiger partial charge in [0.25, 0.3) is 0 Å². The fraction of sp³-hybridized carbons (Fsp3) is 0.500. The number of sulfone groups is 1. The summed E-state index contributed by atoms with van der Waals surface area (Å²) in [7, 11) is -3.22. The van der Waals surface area contributed by atoms with Crippen molar-refractivity contribution in [2.45, 2.75) is 11.3 Å². The summed E-state index contributed by atoms with van der Waals surface area (Å²) in [4.78, 5) is 0.269. The van der Waals surface area contributed by atoms with Crippen molar-refractivity contribution in [2.75, 3.05) is 26.0 Å². The number of hydrogen-bond acceptors (Lipinski definition) is 4. The predicted octanol–water partition coefficient (Wildman–Crippen LogP) is 1.08. The van der Waals surface area contributed by atoms with Crippen LogP contribution in [0.3, 0.4) is 0 Å². The van der Waals surface area contributed by atoms with E-state index in [-0.39, 0.29) is 4.90 Å². The Bertz CT molecular complexity index is 478. The summed E-state index contributed by atoms with van der Waals surface area (Å²) in [6, 6.07) is 6.79. The minimum absolute atomic E-state index is 0.269. The second-order valence-electron chi connectivity index (χ2n) is 4.39. The summed E-state index contributed by atoms with van der Waals surface area (Å²) in [5.74, 6) is 0.935. The van der Waals surface area contributed by atoms with E-state index in [0.717, 1.165) is 19.5 Å². The van der Waals surface area contributed by atoms with Crippen molar-refractivity contribution in [3.8, 4) is 5.75 Å². The van der Waals surface area contributed by atoms with Gasteiger partial charge in [-0.1, -0.05) is 12.1 Å². The van der Waals surface area contributed by atoms with E-state index < -0.39 is 9.84 Å². The van der Waals surface area contributed by atoms with Gasteiger partial charge in [0.2, 0.25) is 0 Å². The normalized spacial score (nSPS) is 20.4. The van der Waals surface area contributed by atoms with Gasteiger partial charge in [-0.25, -0.2) is 8.42 Å². The number of nitrogens with one attached hydrogen (secondary N) is 1. The second-order valence-corrected chi connectivity index (χ2v) is 6.37. The molecule has 5 heteroatoms. The minimum Gasteiger partial charge on any atom is -0.492 e. The fourth-order valence-electron chi connectivity index (χ4n) is 1.94. The van der Waals surface area contributed by atoms with Crippen LogP contribution in [-0.2, 0) is 9.84 Å². The highest BCUT2D eigenvalue weighted by Gasteiger charge is 2.18. The Balaban J connectivity index is 2.09. The third-order valence-corrected chi connectivity index (χ3v) is 4.02. The van der Waals surface area contributed by atoms with Crippen LogP contribution in [0.25, 0.3) is 0 Å². The van der Waals surface area contributed by atoms with Crippen LogP contribution in [0.5, 0.6) is 5.75 Å². The van der Waals surface area contributed by atoms with Gasteiger partial charge in [0.1, 0.15) is 10.6 Å². The zero-order valence-electron chi connectivity index (χ0n) is 9.85. The molecule has 0 aliphatic carbocycles. The van der Waals surface area contributed by atoms with Crippen LogP contribution in [0.4, 0.5) is 0 Å². The maximum atomic E-state index is 11.6. The zero-order valence-corrected chi connectivity index (χ0v) is 10.7. The Morgan fingerprint density at radius 3 is 2.82 bits per heavy atom. The van der Waals surface area contributed by atoms with Crippen molar-refractivity contribution in [3.05, 3.63) is 24.3 Å². The molecule has 1 heterocycles. The first-order chi connectivity index (χ1) is 8.07. The Hall–Kier alpha value is -1.07. The monoisotopic (exact) mass is 255 g/mol. The average Bonchev–Trinajstić information content (AvgIpc) is 2.78. The summed E-state index contributed by atoms with van der Waals surface area (Å²) < 4.78 is 28.7. The lowest BCUT2D eigenvalue weighted by Gasteiger charge is -2.13. The number of rotatable bonds is 4. The van der Waals surface area contributed by atoms with Crippen molar-refractivity contribution in [1.82, 2.24) is 5.32 Å².